The molecule has 1 aliphatic rings. The number of para-hydroxylation sites is 1. The van der Waals surface area contributed by atoms with Gasteiger partial charge < -0.3 is 5.11 Å². The Hall–Kier alpha value is -3.13. The van der Waals surface area contributed by atoms with Gasteiger partial charge in [-0.15, -0.1) is 11.8 Å². The molecule has 6 nitrogen and oxygen atoms in total. The van der Waals surface area contributed by atoms with Crippen LogP contribution in [-0.4, -0.2) is 20.4 Å². The van der Waals surface area contributed by atoms with E-state index in [1.165, 1.54) is 19.2 Å². The maximum atomic E-state index is 13.4. The number of H-pyrrole nitrogens is 1. The predicted molar refractivity (Wildman–Crippen MR) is 106 cm³/mol. The number of nitrogens with one attached hydrogen (secondary N) is 1. The van der Waals surface area contributed by atoms with Crippen molar-refractivity contribution >= 4 is 23.2 Å². The lowest BCUT2D eigenvalue weighted by Gasteiger charge is -2.16. The molecule has 0 aliphatic carbocycles. The van der Waals surface area contributed by atoms with Gasteiger partial charge in [-0.1, -0.05) is 24.3 Å². The van der Waals surface area contributed by atoms with Crippen LogP contribution < -0.4 is 11.2 Å². The van der Waals surface area contributed by atoms with Gasteiger partial charge in [-0.25, -0.2) is 9.18 Å². The number of aromatic nitrogens is 2. The zero-order valence-electron chi connectivity index (χ0n) is 14.8. The van der Waals surface area contributed by atoms with Gasteiger partial charge in [-0.05, 0) is 29.8 Å². The van der Waals surface area contributed by atoms with Crippen molar-refractivity contribution < 1.29 is 9.50 Å². The minimum absolute atomic E-state index is 0.0356. The third-order valence-corrected chi connectivity index (χ3v) is 5.91. The molecule has 0 saturated carbocycles. The Bertz CT molecular complexity index is 1200. The van der Waals surface area contributed by atoms with E-state index in [4.69, 9.17) is 0 Å². The Morgan fingerprint density at radius 1 is 1.18 bits per heavy atom. The molecule has 4 rings (SSSR count). The fourth-order valence-corrected chi connectivity index (χ4v) is 4.33. The van der Waals surface area contributed by atoms with Gasteiger partial charge in [-0.2, -0.15) is 0 Å². The summed E-state index contributed by atoms with van der Waals surface area (Å²) in [6.45, 7) is 0. The van der Waals surface area contributed by atoms with Gasteiger partial charge in [0.1, 0.15) is 11.4 Å². The first-order valence-electron chi connectivity index (χ1n) is 8.55. The van der Waals surface area contributed by atoms with Crippen LogP contribution in [0.2, 0.25) is 0 Å². The number of hydrogen-bond acceptors (Lipinski definition) is 5. The summed E-state index contributed by atoms with van der Waals surface area (Å²) >= 11 is 1.55. The SMILES string of the molecule is Cn1c(O)c(C2=Nc3ccccc3S[C@H](c3ccc(F)cc3)C2)c(=O)[nH]c1=O. The van der Waals surface area contributed by atoms with E-state index in [1.807, 2.05) is 24.3 Å². The molecule has 1 aromatic heterocycles. The first kappa shape index (κ1) is 18.2. The van der Waals surface area contributed by atoms with E-state index >= 15 is 0 Å². The minimum Gasteiger partial charge on any atom is -0.494 e. The number of nitrogens with zero attached hydrogens (tertiary/aromatic N) is 2. The molecule has 0 amide bonds. The molecule has 0 radical (unpaired) electrons. The second kappa shape index (κ2) is 7.12. The van der Waals surface area contributed by atoms with E-state index in [2.05, 4.69) is 9.98 Å². The molecule has 142 valence electrons. The molecule has 2 aromatic carbocycles. The third kappa shape index (κ3) is 3.27. The number of fused-ring (bicyclic) bond motifs is 1. The third-order valence-electron chi connectivity index (χ3n) is 4.59. The molecule has 0 fully saturated rings. The van der Waals surface area contributed by atoms with E-state index < -0.39 is 17.1 Å². The van der Waals surface area contributed by atoms with Crippen molar-refractivity contribution in [2.75, 3.05) is 0 Å². The van der Waals surface area contributed by atoms with Crippen molar-refractivity contribution in [3.8, 4) is 5.88 Å². The quantitative estimate of drug-likeness (QED) is 0.695. The van der Waals surface area contributed by atoms with E-state index in [0.29, 0.717) is 17.8 Å². The number of aromatic amines is 1. The molecule has 3 aromatic rings. The number of aliphatic imine (C=N–C) groups is 1. The fourth-order valence-electron chi connectivity index (χ4n) is 3.10. The average molecular weight is 397 g/mol. The highest BCUT2D eigenvalue weighted by molar-refractivity contribution is 7.99. The predicted octanol–water partition coefficient (Wildman–Crippen LogP) is 3.28. The number of benzene rings is 2. The normalized spacial score (nSPS) is 16.2. The van der Waals surface area contributed by atoms with Crippen LogP contribution in [0.4, 0.5) is 10.1 Å². The summed E-state index contributed by atoms with van der Waals surface area (Å²) in [4.78, 5) is 31.9. The van der Waals surface area contributed by atoms with Gasteiger partial charge in [0.15, 0.2) is 0 Å². The summed E-state index contributed by atoms with van der Waals surface area (Å²) in [7, 11) is 1.37. The van der Waals surface area contributed by atoms with Crippen LogP contribution in [0.5, 0.6) is 5.88 Å². The lowest BCUT2D eigenvalue weighted by molar-refractivity contribution is 0.416. The van der Waals surface area contributed by atoms with Crippen LogP contribution in [0.3, 0.4) is 0 Å². The second-order valence-electron chi connectivity index (χ2n) is 6.41. The van der Waals surface area contributed by atoms with Crippen LogP contribution in [0.1, 0.15) is 22.8 Å². The Kier molecular flexibility index (Phi) is 4.64. The first-order valence-corrected chi connectivity index (χ1v) is 9.43. The van der Waals surface area contributed by atoms with Gasteiger partial charge in [0, 0.05) is 23.6 Å². The smallest absolute Gasteiger partial charge is 0.330 e. The van der Waals surface area contributed by atoms with Gasteiger partial charge >= 0.3 is 5.69 Å². The minimum atomic E-state index is -0.703. The van der Waals surface area contributed by atoms with E-state index in [0.717, 1.165) is 15.0 Å². The number of rotatable bonds is 2. The van der Waals surface area contributed by atoms with Gasteiger partial charge in [0.2, 0.25) is 5.88 Å². The summed E-state index contributed by atoms with van der Waals surface area (Å²) in [6, 6.07) is 13.7. The zero-order chi connectivity index (χ0) is 19.8. The fraction of sp³-hybridized carbons (Fsp3) is 0.150. The molecular weight excluding hydrogens is 381 g/mol. The highest BCUT2D eigenvalue weighted by Crippen LogP contribution is 2.45. The van der Waals surface area contributed by atoms with Crippen molar-refractivity contribution in [3.05, 3.63) is 86.3 Å². The van der Waals surface area contributed by atoms with Crippen molar-refractivity contribution in [3.63, 3.8) is 0 Å². The van der Waals surface area contributed by atoms with Crippen LogP contribution in [0.25, 0.3) is 0 Å². The molecule has 1 aliphatic heterocycles. The summed E-state index contributed by atoms with van der Waals surface area (Å²) in [6.07, 6.45) is 0.319. The number of halogens is 1. The number of aromatic hydroxyl groups is 1. The molecule has 2 heterocycles. The zero-order valence-corrected chi connectivity index (χ0v) is 15.7. The first-order chi connectivity index (χ1) is 13.4. The summed E-state index contributed by atoms with van der Waals surface area (Å²) in [5.41, 5.74) is 0.468. The second-order valence-corrected chi connectivity index (χ2v) is 7.65. The van der Waals surface area contributed by atoms with E-state index in [1.54, 1.807) is 23.9 Å². The summed E-state index contributed by atoms with van der Waals surface area (Å²) in [5, 5.41) is 10.3. The largest absolute Gasteiger partial charge is 0.494 e. The number of thioether (sulfide) groups is 1. The molecular formula is C20H16FN3O3S. The molecule has 1 atom stereocenters. The van der Waals surface area contributed by atoms with E-state index in [-0.39, 0.29) is 16.6 Å². The van der Waals surface area contributed by atoms with E-state index in [9.17, 15) is 19.1 Å². The Balaban J connectivity index is 1.90. The van der Waals surface area contributed by atoms with Crippen molar-refractivity contribution in [1.82, 2.24) is 9.55 Å². The highest BCUT2D eigenvalue weighted by atomic mass is 32.2. The maximum absolute atomic E-state index is 13.4. The molecule has 0 bridgehead atoms. The lowest BCUT2D eigenvalue weighted by Crippen LogP contribution is -2.32. The highest BCUT2D eigenvalue weighted by Gasteiger charge is 2.26. The lowest BCUT2D eigenvalue weighted by atomic mass is 10.0. The topological polar surface area (TPSA) is 87.4 Å². The standard InChI is InChI=1S/C20H16FN3O3S/c1-24-19(26)17(18(25)23-20(24)27)14-10-16(11-6-8-12(21)9-7-11)28-15-5-3-2-4-13(15)22-14/h2-9,16,26H,10H2,1H3,(H,23,25,27)/t16-/m0/s1. The molecule has 8 heteroatoms. The van der Waals surface area contributed by atoms with Crippen LogP contribution in [-0.2, 0) is 7.05 Å². The van der Waals surface area contributed by atoms with Crippen molar-refractivity contribution in [1.29, 1.82) is 0 Å². The molecule has 0 spiro atoms. The molecule has 28 heavy (non-hydrogen) atoms. The average Bonchev–Trinajstić information content (AvgIpc) is 2.86. The Morgan fingerprint density at radius 2 is 1.89 bits per heavy atom. The van der Waals surface area contributed by atoms with Crippen LogP contribution in [0, 0.1) is 5.82 Å². The van der Waals surface area contributed by atoms with Crippen molar-refractivity contribution in [2.45, 2.75) is 16.6 Å². The van der Waals surface area contributed by atoms with Crippen LogP contribution in [0.15, 0.2) is 68.0 Å². The van der Waals surface area contributed by atoms with Crippen molar-refractivity contribution in [2.24, 2.45) is 12.0 Å². The number of hydrogen-bond donors (Lipinski definition) is 2. The monoisotopic (exact) mass is 397 g/mol. The maximum Gasteiger partial charge on any atom is 0.330 e. The van der Waals surface area contributed by atoms with Crippen LogP contribution >= 0.6 is 11.8 Å². The summed E-state index contributed by atoms with van der Waals surface area (Å²) in [5.74, 6) is -0.765. The van der Waals surface area contributed by atoms with Gasteiger partial charge in [-0.3, -0.25) is 19.3 Å². The Labute approximate surface area is 163 Å². The molecule has 2 N–H and O–H groups in total. The van der Waals surface area contributed by atoms with Gasteiger partial charge in [0.05, 0.1) is 11.4 Å². The molecule has 0 saturated heterocycles. The summed E-state index contributed by atoms with van der Waals surface area (Å²) < 4.78 is 14.3. The molecule has 0 unspecified atom stereocenters. The Morgan fingerprint density at radius 3 is 2.64 bits per heavy atom. The van der Waals surface area contributed by atoms with Gasteiger partial charge in [0.25, 0.3) is 5.56 Å².